The van der Waals surface area contributed by atoms with Gasteiger partial charge in [-0.2, -0.15) is 0 Å². The zero-order valence-corrected chi connectivity index (χ0v) is 20.3. The van der Waals surface area contributed by atoms with Gasteiger partial charge in [-0.25, -0.2) is 0 Å². The monoisotopic (exact) mass is 408 g/mol. The summed E-state index contributed by atoms with van der Waals surface area (Å²) in [5.74, 6) is 3.90. The van der Waals surface area contributed by atoms with E-state index >= 15 is 0 Å². The van der Waals surface area contributed by atoms with E-state index in [-0.39, 0.29) is 0 Å². The van der Waals surface area contributed by atoms with Crippen LogP contribution in [0.3, 0.4) is 0 Å². The molecule has 4 atom stereocenters. The van der Waals surface area contributed by atoms with Crippen molar-refractivity contribution in [3.8, 4) is 5.75 Å². The third-order valence-corrected chi connectivity index (χ3v) is 15.0. The van der Waals surface area contributed by atoms with Gasteiger partial charge in [-0.15, -0.1) is 0 Å². The Balaban J connectivity index is 1.52. The molecule has 2 fully saturated rings. The van der Waals surface area contributed by atoms with Gasteiger partial charge < -0.3 is 4.43 Å². The molecule has 0 bridgehead atoms. The van der Waals surface area contributed by atoms with E-state index in [1.807, 2.05) is 0 Å². The highest BCUT2D eigenvalue weighted by Crippen LogP contribution is 2.61. The lowest BCUT2D eigenvalue weighted by atomic mass is 9.56. The van der Waals surface area contributed by atoms with Gasteiger partial charge in [0.2, 0.25) is 0 Å². The number of hydrogen-bond donors (Lipinski definition) is 0. The first-order valence-electron chi connectivity index (χ1n) is 12.4. The molecule has 0 unspecified atom stereocenters. The molecule has 1 aromatic rings. The Morgan fingerprint density at radius 1 is 1.03 bits per heavy atom. The Labute approximate surface area is 179 Å². The molecule has 29 heavy (non-hydrogen) atoms. The van der Waals surface area contributed by atoms with E-state index in [0.29, 0.717) is 16.5 Å². The molecule has 4 aliphatic rings. The lowest BCUT2D eigenvalue weighted by Crippen LogP contribution is -2.47. The van der Waals surface area contributed by atoms with E-state index in [1.165, 1.54) is 56.3 Å². The van der Waals surface area contributed by atoms with Gasteiger partial charge >= 0.3 is 0 Å². The average molecular weight is 409 g/mol. The normalized spacial score (nSPS) is 34.8. The summed E-state index contributed by atoms with van der Waals surface area (Å²) in [6.45, 7) is 12.1. The molecule has 0 N–H and O–H groups in total. The molecule has 0 aromatic heterocycles. The topological polar surface area (TPSA) is 9.23 Å². The minimum absolute atomic E-state index is 0.636. The quantitative estimate of drug-likeness (QED) is 0.449. The highest BCUT2D eigenvalue weighted by Gasteiger charge is 2.50. The summed E-state index contributed by atoms with van der Waals surface area (Å²) in [6, 6.07) is 6.18. The van der Waals surface area contributed by atoms with E-state index < -0.39 is 8.32 Å². The lowest BCUT2D eigenvalue weighted by molar-refractivity contribution is 0.0598. The van der Waals surface area contributed by atoms with Crippen LogP contribution in [0, 0.1) is 17.3 Å². The van der Waals surface area contributed by atoms with Gasteiger partial charge in [0.1, 0.15) is 5.75 Å². The number of rotatable bonds is 2. The van der Waals surface area contributed by atoms with Gasteiger partial charge in [-0.1, -0.05) is 53.2 Å². The maximum absolute atomic E-state index is 7.03. The van der Waals surface area contributed by atoms with Crippen LogP contribution < -0.4 is 4.43 Å². The van der Waals surface area contributed by atoms with Crippen molar-refractivity contribution < 1.29 is 4.43 Å². The Morgan fingerprint density at radius 2 is 1.83 bits per heavy atom. The van der Waals surface area contributed by atoms with Crippen LogP contribution in [0.15, 0.2) is 18.2 Å². The zero-order chi connectivity index (χ0) is 20.4. The van der Waals surface area contributed by atoms with E-state index in [4.69, 9.17) is 4.43 Å². The highest BCUT2D eigenvalue weighted by atomic mass is 28.4. The molecule has 5 rings (SSSR count). The largest absolute Gasteiger partial charge is 0.542 e. The molecule has 2 heteroatoms. The molecule has 1 aliphatic heterocycles. The van der Waals surface area contributed by atoms with E-state index in [9.17, 15) is 0 Å². The van der Waals surface area contributed by atoms with Crippen molar-refractivity contribution in [2.45, 2.75) is 103 Å². The van der Waals surface area contributed by atoms with Crippen LogP contribution in [0.4, 0.5) is 0 Å². The van der Waals surface area contributed by atoms with Crippen LogP contribution in [0.5, 0.6) is 5.75 Å². The molecule has 3 aliphatic carbocycles. The Morgan fingerprint density at radius 3 is 2.59 bits per heavy atom. The van der Waals surface area contributed by atoms with Crippen molar-refractivity contribution in [3.05, 3.63) is 34.9 Å². The van der Waals surface area contributed by atoms with E-state index in [0.717, 1.165) is 23.8 Å². The van der Waals surface area contributed by atoms with Crippen molar-refractivity contribution >= 4 is 14.4 Å². The molecule has 0 spiro atoms. The Bertz CT molecular complexity index is 814. The summed E-state index contributed by atoms with van der Waals surface area (Å²) in [6.07, 6.45) is 14.8. The molecule has 1 heterocycles. The third-order valence-electron chi connectivity index (χ3n) is 9.63. The summed E-state index contributed by atoms with van der Waals surface area (Å²) in [5.41, 5.74) is 6.57. The van der Waals surface area contributed by atoms with Gasteiger partial charge in [-0.3, -0.25) is 0 Å². The van der Waals surface area contributed by atoms with E-state index in [1.54, 1.807) is 11.1 Å². The van der Waals surface area contributed by atoms with Gasteiger partial charge in [0.25, 0.3) is 8.32 Å². The molecule has 2 saturated carbocycles. The summed E-state index contributed by atoms with van der Waals surface area (Å²) in [7, 11) is -1.83. The third kappa shape index (κ3) is 2.99. The number of hydrogen-bond acceptors (Lipinski definition) is 1. The van der Waals surface area contributed by atoms with Crippen molar-refractivity contribution in [1.82, 2.24) is 0 Å². The number of allylic oxidation sites excluding steroid dienone is 1. The lowest BCUT2D eigenvalue weighted by Gasteiger charge is -2.49. The summed E-state index contributed by atoms with van der Waals surface area (Å²) in [5, 5.41) is 0. The summed E-state index contributed by atoms with van der Waals surface area (Å²) < 4.78 is 7.03. The predicted molar refractivity (Wildman–Crippen MR) is 126 cm³/mol. The maximum atomic E-state index is 7.03. The SMILES string of the molecule is CC(C)[Si]1(C(C)C)CC=Cc2cc3c(cc2O1)CC[C@@H]1[C@@H]3CC[C@]2(C)CCC[C@@H]12. The first-order chi connectivity index (χ1) is 13.8. The van der Waals surface area contributed by atoms with Crippen LogP contribution in [-0.2, 0) is 6.42 Å². The number of benzene rings is 1. The average Bonchev–Trinajstić information content (AvgIpc) is 2.97. The second-order valence-electron chi connectivity index (χ2n) is 11.6. The number of aryl methyl sites for hydroxylation is 1. The molecule has 1 aromatic carbocycles. The van der Waals surface area contributed by atoms with Crippen molar-refractivity contribution in [3.63, 3.8) is 0 Å². The van der Waals surface area contributed by atoms with Gasteiger partial charge in [0, 0.05) is 5.56 Å². The van der Waals surface area contributed by atoms with E-state index in [2.05, 4.69) is 58.9 Å². The molecule has 1 nitrogen and oxygen atoms in total. The minimum Gasteiger partial charge on any atom is -0.542 e. The van der Waals surface area contributed by atoms with Crippen LogP contribution in [-0.4, -0.2) is 8.32 Å². The summed E-state index contributed by atoms with van der Waals surface area (Å²) >= 11 is 0. The first-order valence-corrected chi connectivity index (χ1v) is 14.6. The Kier molecular flexibility index (Phi) is 4.81. The van der Waals surface area contributed by atoms with Crippen LogP contribution >= 0.6 is 0 Å². The second kappa shape index (κ2) is 7.01. The standard InChI is InChI=1S/C27H40OSi/c1-18(2)29(19(3)4)15-7-8-21-16-24-20(17-26(21)28-29)10-11-23-22(24)12-14-27(5)13-6-9-25(23)27/h7-8,16-19,22-23,25H,6,9-15H2,1-5H3/t22-,23+,25-,27-/m0/s1. The van der Waals surface area contributed by atoms with Crippen LogP contribution in [0.1, 0.15) is 95.8 Å². The molecule has 0 saturated heterocycles. The van der Waals surface area contributed by atoms with Crippen molar-refractivity contribution in [2.75, 3.05) is 0 Å². The molecular weight excluding hydrogens is 368 g/mol. The fraction of sp³-hybridized carbons (Fsp3) is 0.704. The van der Waals surface area contributed by atoms with Crippen LogP contribution in [0.2, 0.25) is 17.1 Å². The smallest absolute Gasteiger partial charge is 0.259 e. The van der Waals surface area contributed by atoms with Gasteiger partial charge in [0.05, 0.1) is 0 Å². The fourth-order valence-electron chi connectivity index (χ4n) is 7.82. The number of fused-ring (bicyclic) bond motifs is 6. The molecular formula is C27H40OSi. The minimum atomic E-state index is -1.83. The maximum Gasteiger partial charge on any atom is 0.259 e. The highest BCUT2D eigenvalue weighted by molar-refractivity contribution is 6.77. The summed E-state index contributed by atoms with van der Waals surface area (Å²) in [4.78, 5) is 0. The van der Waals surface area contributed by atoms with Crippen molar-refractivity contribution in [1.29, 1.82) is 0 Å². The van der Waals surface area contributed by atoms with Crippen molar-refractivity contribution in [2.24, 2.45) is 17.3 Å². The molecule has 0 radical (unpaired) electrons. The zero-order valence-electron chi connectivity index (χ0n) is 19.3. The van der Waals surface area contributed by atoms with Crippen LogP contribution in [0.25, 0.3) is 6.08 Å². The Hall–Kier alpha value is -1.02. The predicted octanol–water partition coefficient (Wildman–Crippen LogP) is 8.10. The van der Waals surface area contributed by atoms with Gasteiger partial charge in [0.15, 0.2) is 0 Å². The second-order valence-corrected chi connectivity index (χ2v) is 16.4. The molecule has 0 amide bonds. The van der Waals surface area contributed by atoms with Gasteiger partial charge in [-0.05, 0) is 102 Å². The molecule has 158 valence electrons. The fourth-order valence-corrected chi connectivity index (χ4v) is 11.7. The first kappa shape index (κ1) is 19.9.